The molecule has 0 fully saturated rings. The van der Waals surface area contributed by atoms with Crippen LogP contribution in [0.4, 0.5) is 5.69 Å². The summed E-state index contributed by atoms with van der Waals surface area (Å²) in [6.07, 6.45) is 1.83. The molecule has 0 spiro atoms. The lowest BCUT2D eigenvalue weighted by Gasteiger charge is -2.19. The van der Waals surface area contributed by atoms with Crippen LogP contribution in [0.3, 0.4) is 0 Å². The number of fused-ring (bicyclic) bond motifs is 1. The highest BCUT2D eigenvalue weighted by molar-refractivity contribution is 7.92. The lowest BCUT2D eigenvalue weighted by molar-refractivity contribution is -0.129. The van der Waals surface area contributed by atoms with Gasteiger partial charge in [-0.3, -0.25) is 9.52 Å². The lowest BCUT2D eigenvalue weighted by Crippen LogP contribution is -2.25. The van der Waals surface area contributed by atoms with Gasteiger partial charge in [-0.2, -0.15) is 0 Å². The molecule has 1 heterocycles. The second-order valence-electron chi connectivity index (χ2n) is 8.39. The third-order valence-electron chi connectivity index (χ3n) is 4.86. The first-order valence-corrected chi connectivity index (χ1v) is 10.9. The van der Waals surface area contributed by atoms with E-state index in [1.54, 1.807) is 43.3 Å². The molecule has 154 valence electrons. The maximum atomic E-state index is 12.8. The molecular formula is C22H27N3O3S. The average molecular weight is 414 g/mol. The van der Waals surface area contributed by atoms with Crippen LogP contribution in [0.2, 0.25) is 0 Å². The van der Waals surface area contributed by atoms with E-state index < -0.39 is 10.0 Å². The molecule has 2 aromatic carbocycles. The Morgan fingerprint density at radius 1 is 1.03 bits per heavy atom. The quantitative estimate of drug-likeness (QED) is 0.691. The Morgan fingerprint density at radius 2 is 1.69 bits per heavy atom. The molecule has 1 amide bonds. The second kappa shape index (κ2) is 7.55. The summed E-state index contributed by atoms with van der Waals surface area (Å²) in [7, 11) is -0.251. The van der Waals surface area contributed by atoms with E-state index in [1.807, 2.05) is 35.0 Å². The maximum absolute atomic E-state index is 12.8. The van der Waals surface area contributed by atoms with Gasteiger partial charge in [-0.1, -0.05) is 32.9 Å². The Labute approximate surface area is 172 Å². The molecule has 0 saturated heterocycles. The predicted octanol–water partition coefficient (Wildman–Crippen LogP) is 3.83. The van der Waals surface area contributed by atoms with E-state index in [0.717, 1.165) is 16.5 Å². The van der Waals surface area contributed by atoms with Gasteiger partial charge in [0.15, 0.2) is 0 Å². The number of anilines is 1. The smallest absolute Gasteiger partial charge is 0.261 e. The summed E-state index contributed by atoms with van der Waals surface area (Å²) in [5.41, 5.74) is 2.39. The van der Waals surface area contributed by atoms with Crippen LogP contribution >= 0.6 is 0 Å². The normalized spacial score (nSPS) is 12.2. The number of benzene rings is 2. The summed E-state index contributed by atoms with van der Waals surface area (Å²) < 4.78 is 30.0. The number of nitrogens with one attached hydrogen (secondary N) is 1. The van der Waals surface area contributed by atoms with Crippen LogP contribution in [0.25, 0.3) is 10.9 Å². The molecule has 3 aromatic rings. The van der Waals surface area contributed by atoms with E-state index in [2.05, 4.69) is 25.5 Å². The zero-order chi connectivity index (χ0) is 21.4. The van der Waals surface area contributed by atoms with Gasteiger partial charge in [0.25, 0.3) is 10.0 Å². The van der Waals surface area contributed by atoms with Crippen molar-refractivity contribution in [1.82, 2.24) is 9.47 Å². The van der Waals surface area contributed by atoms with Crippen LogP contribution in [-0.2, 0) is 26.8 Å². The number of carbonyl (C=O) groups is 1. The number of hydrogen-bond acceptors (Lipinski definition) is 3. The average Bonchev–Trinajstić information content (AvgIpc) is 3.02. The Hall–Kier alpha value is -2.80. The molecular weight excluding hydrogens is 386 g/mol. The molecule has 0 unspecified atom stereocenters. The molecule has 0 aliphatic carbocycles. The minimum Gasteiger partial charge on any atom is -0.347 e. The SMILES string of the molecule is CN(C)C(=O)Cn1ccc2cc(NS(=O)(=O)c3ccc(C(C)(C)C)cc3)ccc21. The van der Waals surface area contributed by atoms with Crippen LogP contribution in [0.5, 0.6) is 0 Å². The van der Waals surface area contributed by atoms with Gasteiger partial charge in [0, 0.05) is 36.9 Å². The van der Waals surface area contributed by atoms with Crippen molar-refractivity contribution < 1.29 is 13.2 Å². The molecule has 6 nitrogen and oxygen atoms in total. The molecule has 29 heavy (non-hydrogen) atoms. The Morgan fingerprint density at radius 3 is 2.28 bits per heavy atom. The summed E-state index contributed by atoms with van der Waals surface area (Å²) in [6, 6.07) is 14.1. The van der Waals surface area contributed by atoms with Crippen molar-refractivity contribution >= 4 is 32.5 Å². The first-order valence-electron chi connectivity index (χ1n) is 9.40. The summed E-state index contributed by atoms with van der Waals surface area (Å²) in [4.78, 5) is 13.7. The number of carbonyl (C=O) groups excluding carboxylic acids is 1. The monoisotopic (exact) mass is 413 g/mol. The van der Waals surface area contributed by atoms with Gasteiger partial charge in [0.1, 0.15) is 6.54 Å². The molecule has 0 radical (unpaired) electrons. The van der Waals surface area contributed by atoms with Crippen molar-refractivity contribution in [1.29, 1.82) is 0 Å². The number of hydrogen-bond donors (Lipinski definition) is 1. The van der Waals surface area contributed by atoms with Crippen LogP contribution in [0.1, 0.15) is 26.3 Å². The van der Waals surface area contributed by atoms with Gasteiger partial charge in [0.05, 0.1) is 4.90 Å². The molecule has 7 heteroatoms. The zero-order valence-corrected chi connectivity index (χ0v) is 18.2. The third-order valence-corrected chi connectivity index (χ3v) is 6.26. The Kier molecular flexibility index (Phi) is 5.45. The van der Waals surface area contributed by atoms with Gasteiger partial charge >= 0.3 is 0 Å². The molecule has 3 rings (SSSR count). The lowest BCUT2D eigenvalue weighted by atomic mass is 9.87. The van der Waals surface area contributed by atoms with Crippen molar-refractivity contribution in [3.63, 3.8) is 0 Å². The van der Waals surface area contributed by atoms with E-state index in [0.29, 0.717) is 5.69 Å². The fourth-order valence-electron chi connectivity index (χ4n) is 3.04. The first kappa shape index (κ1) is 20.9. The van der Waals surface area contributed by atoms with E-state index in [-0.39, 0.29) is 22.8 Å². The first-order chi connectivity index (χ1) is 13.5. The summed E-state index contributed by atoms with van der Waals surface area (Å²) in [5, 5.41) is 0.861. The predicted molar refractivity (Wildman–Crippen MR) is 117 cm³/mol. The molecule has 0 aliphatic heterocycles. The fraction of sp³-hybridized carbons (Fsp3) is 0.318. The molecule has 0 saturated carbocycles. The van der Waals surface area contributed by atoms with E-state index in [1.165, 1.54) is 0 Å². The molecule has 0 atom stereocenters. The van der Waals surface area contributed by atoms with E-state index in [4.69, 9.17) is 0 Å². The largest absolute Gasteiger partial charge is 0.347 e. The van der Waals surface area contributed by atoms with Crippen LogP contribution in [0.15, 0.2) is 59.6 Å². The number of nitrogens with zero attached hydrogens (tertiary/aromatic N) is 2. The number of likely N-dealkylation sites (N-methyl/N-ethyl adjacent to an activating group) is 1. The van der Waals surface area contributed by atoms with Crippen LogP contribution in [0, 0.1) is 0 Å². The summed E-state index contributed by atoms with van der Waals surface area (Å²) in [5.74, 6) is -0.00835. The van der Waals surface area contributed by atoms with Crippen LogP contribution in [-0.4, -0.2) is 37.9 Å². The summed E-state index contributed by atoms with van der Waals surface area (Å²) >= 11 is 0. The Bertz CT molecular complexity index is 1140. The fourth-order valence-corrected chi connectivity index (χ4v) is 4.09. The van der Waals surface area contributed by atoms with Gasteiger partial charge in [-0.25, -0.2) is 8.42 Å². The molecule has 1 aromatic heterocycles. The highest BCUT2D eigenvalue weighted by Gasteiger charge is 2.18. The number of amides is 1. The van der Waals surface area contributed by atoms with Gasteiger partial charge < -0.3 is 9.47 Å². The van der Waals surface area contributed by atoms with E-state index in [9.17, 15) is 13.2 Å². The highest BCUT2D eigenvalue weighted by atomic mass is 32.2. The minimum absolute atomic E-state index is 0.00835. The highest BCUT2D eigenvalue weighted by Crippen LogP contribution is 2.26. The minimum atomic E-state index is -3.69. The van der Waals surface area contributed by atoms with Crippen molar-refractivity contribution in [3.05, 3.63) is 60.3 Å². The van der Waals surface area contributed by atoms with Gasteiger partial charge in [-0.05, 0) is 47.4 Å². The van der Waals surface area contributed by atoms with E-state index >= 15 is 0 Å². The second-order valence-corrected chi connectivity index (χ2v) is 10.1. The Balaban J connectivity index is 1.83. The number of rotatable bonds is 5. The van der Waals surface area contributed by atoms with Crippen LogP contribution < -0.4 is 4.72 Å². The van der Waals surface area contributed by atoms with Gasteiger partial charge in [0.2, 0.25) is 5.91 Å². The molecule has 1 N–H and O–H groups in total. The molecule has 0 bridgehead atoms. The standard InChI is InChI=1S/C22H27N3O3S/c1-22(2,3)17-6-9-19(10-7-17)29(27,28)23-18-8-11-20-16(14-18)12-13-25(20)15-21(26)24(4)5/h6-14,23H,15H2,1-5H3. The number of aromatic nitrogens is 1. The molecule has 0 aliphatic rings. The maximum Gasteiger partial charge on any atom is 0.261 e. The number of sulfonamides is 1. The van der Waals surface area contributed by atoms with Gasteiger partial charge in [-0.15, -0.1) is 0 Å². The third kappa shape index (κ3) is 4.62. The van der Waals surface area contributed by atoms with Crippen molar-refractivity contribution in [2.45, 2.75) is 37.6 Å². The van der Waals surface area contributed by atoms with Crippen molar-refractivity contribution in [2.75, 3.05) is 18.8 Å². The van der Waals surface area contributed by atoms with Crippen molar-refractivity contribution in [2.24, 2.45) is 0 Å². The topological polar surface area (TPSA) is 71.4 Å². The van der Waals surface area contributed by atoms with Crippen molar-refractivity contribution in [3.8, 4) is 0 Å². The summed E-state index contributed by atoms with van der Waals surface area (Å²) in [6.45, 7) is 6.49. The zero-order valence-electron chi connectivity index (χ0n) is 17.4.